The van der Waals surface area contributed by atoms with Crippen LogP contribution in [0.1, 0.15) is 17.7 Å². The van der Waals surface area contributed by atoms with Crippen molar-refractivity contribution in [3.63, 3.8) is 0 Å². The molecule has 1 aliphatic rings. The third kappa shape index (κ3) is 3.85. The number of nitrogens with zero attached hydrogens (tertiary/aromatic N) is 4. The number of fused-ring (bicyclic) bond motifs is 1. The number of Topliss-reactive ketones (excluding diaryl/α,β-unsaturated/α-hetero) is 1. The van der Waals surface area contributed by atoms with Crippen molar-refractivity contribution < 1.29 is 9.59 Å². The van der Waals surface area contributed by atoms with Gasteiger partial charge in [-0.25, -0.2) is 0 Å². The van der Waals surface area contributed by atoms with E-state index in [9.17, 15) is 14.9 Å². The summed E-state index contributed by atoms with van der Waals surface area (Å²) in [6, 6.07) is 9.46. The molecule has 1 saturated heterocycles. The Hall–Kier alpha value is -3.43. The fourth-order valence-electron chi connectivity index (χ4n) is 4.26. The van der Waals surface area contributed by atoms with E-state index >= 15 is 0 Å². The highest BCUT2D eigenvalue weighted by Gasteiger charge is 2.31. The first-order valence-corrected chi connectivity index (χ1v) is 10.4. The van der Waals surface area contributed by atoms with E-state index in [0.29, 0.717) is 30.1 Å². The first kappa shape index (κ1) is 20.8. The number of carbonyl (C=O) groups is 2. The summed E-state index contributed by atoms with van der Waals surface area (Å²) in [5.41, 5.74) is 3.87. The van der Waals surface area contributed by atoms with Crippen LogP contribution >= 0.6 is 11.6 Å². The Bertz CT molecular complexity index is 1250. The molecule has 1 amide bonds. The number of aromatic nitrogens is 2. The van der Waals surface area contributed by atoms with Crippen molar-refractivity contribution >= 4 is 34.2 Å². The van der Waals surface area contributed by atoms with Crippen LogP contribution in [0, 0.1) is 24.2 Å². The van der Waals surface area contributed by atoms with Crippen LogP contribution in [0.25, 0.3) is 22.0 Å². The zero-order valence-corrected chi connectivity index (χ0v) is 17.9. The lowest BCUT2D eigenvalue weighted by Crippen LogP contribution is -2.50. The van der Waals surface area contributed by atoms with Gasteiger partial charge in [-0.2, -0.15) is 5.26 Å². The van der Waals surface area contributed by atoms with Gasteiger partial charge in [-0.1, -0.05) is 18.2 Å². The van der Waals surface area contributed by atoms with E-state index in [1.54, 1.807) is 29.4 Å². The molecule has 0 N–H and O–H groups in total. The Kier molecular flexibility index (Phi) is 5.62. The lowest BCUT2D eigenvalue weighted by molar-refractivity contribution is -0.134. The van der Waals surface area contributed by atoms with Crippen molar-refractivity contribution in [2.75, 3.05) is 13.1 Å². The van der Waals surface area contributed by atoms with Crippen LogP contribution in [0.5, 0.6) is 0 Å². The third-order valence-corrected chi connectivity index (χ3v) is 6.03. The molecule has 31 heavy (non-hydrogen) atoms. The lowest BCUT2D eigenvalue weighted by atomic mass is 9.94. The number of halogens is 1. The smallest absolute Gasteiger partial charge is 0.245 e. The van der Waals surface area contributed by atoms with Gasteiger partial charge in [0, 0.05) is 70.6 Å². The van der Waals surface area contributed by atoms with Crippen LogP contribution < -0.4 is 0 Å². The summed E-state index contributed by atoms with van der Waals surface area (Å²) in [4.78, 5) is 30.3. The monoisotopic (exact) mass is 432 g/mol. The predicted octanol–water partition coefficient (Wildman–Crippen LogP) is 4.14. The lowest BCUT2D eigenvalue weighted by Gasteiger charge is -2.38. The minimum absolute atomic E-state index is 0.0952. The van der Waals surface area contributed by atoms with Crippen molar-refractivity contribution in [1.82, 2.24) is 14.5 Å². The number of pyridine rings is 1. The number of nitriles is 1. The average molecular weight is 433 g/mol. The minimum Gasteiger partial charge on any atom is -0.338 e. The SMILES string of the molecule is C=CC(=O)N1CC(CC(=O)Cn2c(C)c(-c3cnccc3C#N)c3cc(Cl)ccc32)C1. The molecule has 6 nitrogen and oxygen atoms in total. The number of benzene rings is 1. The third-order valence-electron chi connectivity index (χ3n) is 5.79. The molecule has 4 rings (SSSR count). The van der Waals surface area contributed by atoms with Gasteiger partial charge in [0.1, 0.15) is 0 Å². The van der Waals surface area contributed by atoms with E-state index in [1.165, 1.54) is 6.08 Å². The summed E-state index contributed by atoms with van der Waals surface area (Å²) in [5, 5.41) is 11.0. The number of hydrogen-bond acceptors (Lipinski definition) is 4. The molecule has 0 radical (unpaired) electrons. The van der Waals surface area contributed by atoms with Gasteiger partial charge >= 0.3 is 0 Å². The van der Waals surface area contributed by atoms with Gasteiger partial charge in [0.05, 0.1) is 18.2 Å². The molecule has 0 atom stereocenters. The number of amides is 1. The first-order chi connectivity index (χ1) is 14.9. The van der Waals surface area contributed by atoms with Gasteiger partial charge in [-0.05, 0) is 37.3 Å². The summed E-state index contributed by atoms with van der Waals surface area (Å²) in [6.07, 6.45) is 4.98. The molecule has 0 unspecified atom stereocenters. The second kappa shape index (κ2) is 8.37. The topological polar surface area (TPSA) is 79.0 Å². The average Bonchev–Trinajstić information content (AvgIpc) is 3.00. The molecule has 1 aliphatic heterocycles. The predicted molar refractivity (Wildman–Crippen MR) is 120 cm³/mol. The van der Waals surface area contributed by atoms with Crippen molar-refractivity contribution in [2.45, 2.75) is 19.9 Å². The Labute approximate surface area is 185 Å². The van der Waals surface area contributed by atoms with Crippen molar-refractivity contribution in [3.05, 3.63) is 65.6 Å². The van der Waals surface area contributed by atoms with Crippen LogP contribution in [0.3, 0.4) is 0 Å². The zero-order chi connectivity index (χ0) is 22.1. The van der Waals surface area contributed by atoms with Gasteiger partial charge in [0.25, 0.3) is 0 Å². The highest BCUT2D eigenvalue weighted by atomic mass is 35.5. The maximum absolute atomic E-state index is 12.9. The summed E-state index contributed by atoms with van der Waals surface area (Å²) in [5.74, 6) is 0.182. The summed E-state index contributed by atoms with van der Waals surface area (Å²) >= 11 is 6.27. The second-order valence-corrected chi connectivity index (χ2v) is 8.23. The Balaban J connectivity index is 1.66. The maximum Gasteiger partial charge on any atom is 0.245 e. The molecule has 0 saturated carbocycles. The van der Waals surface area contributed by atoms with E-state index in [4.69, 9.17) is 11.6 Å². The fraction of sp³-hybridized carbons (Fsp3) is 0.250. The van der Waals surface area contributed by atoms with Gasteiger partial charge in [0.15, 0.2) is 5.78 Å². The number of carbonyl (C=O) groups excluding carboxylic acids is 2. The largest absolute Gasteiger partial charge is 0.338 e. The van der Waals surface area contributed by atoms with Gasteiger partial charge < -0.3 is 9.47 Å². The molecular formula is C24H21ClN4O2. The van der Waals surface area contributed by atoms with Crippen LogP contribution in [-0.4, -0.2) is 39.2 Å². The summed E-state index contributed by atoms with van der Waals surface area (Å²) < 4.78 is 1.98. The molecule has 1 fully saturated rings. The fourth-order valence-corrected chi connectivity index (χ4v) is 4.43. The molecule has 7 heteroatoms. The van der Waals surface area contributed by atoms with Gasteiger partial charge in [-0.3, -0.25) is 14.6 Å². The normalized spacial score (nSPS) is 13.6. The quantitative estimate of drug-likeness (QED) is 0.548. The van der Waals surface area contributed by atoms with Crippen LogP contribution in [0.2, 0.25) is 5.02 Å². The number of ketones is 1. The standard InChI is InChI=1S/C24H21ClN4O2/c1-3-23(31)28-12-16(13-28)8-19(30)14-29-15(2)24(20-9-18(25)4-5-22(20)29)21-11-27-7-6-17(21)10-26/h3-7,9,11,16H,1,8,12-14H2,2H3. The molecule has 156 valence electrons. The number of hydrogen-bond donors (Lipinski definition) is 0. The van der Waals surface area contributed by atoms with E-state index < -0.39 is 0 Å². The van der Waals surface area contributed by atoms with Gasteiger partial charge in [-0.15, -0.1) is 0 Å². The van der Waals surface area contributed by atoms with Crippen molar-refractivity contribution in [2.24, 2.45) is 5.92 Å². The second-order valence-electron chi connectivity index (χ2n) is 7.80. The molecule has 0 spiro atoms. The summed E-state index contributed by atoms with van der Waals surface area (Å²) in [7, 11) is 0. The minimum atomic E-state index is -0.0952. The van der Waals surface area contributed by atoms with Crippen LogP contribution in [-0.2, 0) is 16.1 Å². The Morgan fingerprint density at radius 2 is 2.13 bits per heavy atom. The summed E-state index contributed by atoms with van der Waals surface area (Å²) in [6.45, 7) is 6.83. The molecule has 0 bridgehead atoms. The highest BCUT2D eigenvalue weighted by molar-refractivity contribution is 6.31. The Morgan fingerprint density at radius 1 is 1.35 bits per heavy atom. The molecule has 2 aromatic heterocycles. The van der Waals surface area contributed by atoms with Crippen LogP contribution in [0.15, 0.2) is 49.3 Å². The van der Waals surface area contributed by atoms with E-state index in [2.05, 4.69) is 17.6 Å². The van der Waals surface area contributed by atoms with E-state index in [1.807, 2.05) is 23.6 Å². The van der Waals surface area contributed by atoms with Crippen molar-refractivity contribution in [1.29, 1.82) is 5.26 Å². The number of likely N-dealkylation sites (tertiary alicyclic amines) is 1. The van der Waals surface area contributed by atoms with Crippen molar-refractivity contribution in [3.8, 4) is 17.2 Å². The molecule has 3 heterocycles. The molecule has 1 aromatic carbocycles. The van der Waals surface area contributed by atoms with Crippen LogP contribution in [0.4, 0.5) is 0 Å². The first-order valence-electron chi connectivity index (χ1n) is 9.98. The molecule has 0 aliphatic carbocycles. The Morgan fingerprint density at radius 3 is 2.84 bits per heavy atom. The molecular weight excluding hydrogens is 412 g/mol. The highest BCUT2D eigenvalue weighted by Crippen LogP contribution is 2.37. The van der Waals surface area contributed by atoms with Gasteiger partial charge in [0.2, 0.25) is 5.91 Å². The molecule has 3 aromatic rings. The maximum atomic E-state index is 12.9. The van der Waals surface area contributed by atoms with E-state index in [0.717, 1.165) is 27.7 Å². The zero-order valence-electron chi connectivity index (χ0n) is 17.1. The van der Waals surface area contributed by atoms with E-state index in [-0.39, 0.29) is 24.2 Å². The number of rotatable bonds is 6.